The van der Waals surface area contributed by atoms with Gasteiger partial charge in [-0.1, -0.05) is 6.07 Å². The lowest BCUT2D eigenvalue weighted by Gasteiger charge is -2.13. The molecule has 0 aliphatic carbocycles. The molecule has 2 nitrogen and oxygen atoms in total. The van der Waals surface area contributed by atoms with Gasteiger partial charge in [-0.15, -0.1) is 0 Å². The predicted molar refractivity (Wildman–Crippen MR) is 88.7 cm³/mol. The Morgan fingerprint density at radius 3 is 2.39 bits per heavy atom. The number of para-hydroxylation sites is 1. The number of nitrogen functional groups attached to an aromatic ring is 1. The first-order valence-corrected chi connectivity index (χ1v) is 7.61. The third kappa shape index (κ3) is 2.97. The van der Waals surface area contributed by atoms with Gasteiger partial charge in [-0.05, 0) is 72.6 Å². The van der Waals surface area contributed by atoms with Gasteiger partial charge in [0, 0.05) is 15.0 Å². The van der Waals surface area contributed by atoms with E-state index in [0.717, 1.165) is 14.6 Å². The minimum Gasteiger partial charge on any atom is -0.397 e. The fraction of sp³-hybridized carbons (Fsp3) is 0. The Labute approximate surface area is 135 Å². The van der Waals surface area contributed by atoms with Crippen molar-refractivity contribution in [3.63, 3.8) is 0 Å². The van der Waals surface area contributed by atoms with E-state index < -0.39 is 0 Å². The summed E-state index contributed by atoms with van der Waals surface area (Å²) in [6.45, 7) is 0. The Kier molecular flexibility index (Phi) is 4.50. The summed E-state index contributed by atoms with van der Waals surface area (Å²) in [7, 11) is 0. The first kappa shape index (κ1) is 14.1. The number of hydrogen-bond acceptors (Lipinski definition) is 2. The fourth-order valence-corrected chi connectivity index (χ4v) is 3.11. The Bertz CT molecular complexity index is 585. The quantitative estimate of drug-likeness (QED) is 0.448. The molecular weight excluding hydrogens is 478 g/mol. The lowest BCUT2D eigenvalue weighted by molar-refractivity contribution is 0.621. The Morgan fingerprint density at radius 2 is 1.78 bits per heavy atom. The highest BCUT2D eigenvalue weighted by Crippen LogP contribution is 2.35. The third-order valence-electron chi connectivity index (χ3n) is 2.31. The van der Waals surface area contributed by atoms with Crippen molar-refractivity contribution in [3.05, 3.63) is 48.7 Å². The van der Waals surface area contributed by atoms with E-state index in [4.69, 9.17) is 5.73 Å². The Hall–Kier alpha value is -0.340. The molecule has 6 heteroatoms. The van der Waals surface area contributed by atoms with Crippen LogP contribution in [0.15, 0.2) is 39.3 Å². The van der Waals surface area contributed by atoms with Crippen molar-refractivity contribution in [1.82, 2.24) is 0 Å². The average Bonchev–Trinajstić information content (AvgIpc) is 2.30. The first-order valence-electron chi connectivity index (χ1n) is 4.94. The summed E-state index contributed by atoms with van der Waals surface area (Å²) in [5.74, 6) is -0.296. The van der Waals surface area contributed by atoms with Crippen LogP contribution in [0.3, 0.4) is 0 Å². The molecule has 0 spiro atoms. The van der Waals surface area contributed by atoms with Crippen LogP contribution >= 0.6 is 54.5 Å². The van der Waals surface area contributed by atoms with Gasteiger partial charge in [0.05, 0.1) is 20.6 Å². The molecule has 0 atom stereocenters. The molecule has 0 aliphatic rings. The summed E-state index contributed by atoms with van der Waals surface area (Å²) in [6, 6.07) is 8.68. The summed E-state index contributed by atoms with van der Waals surface area (Å²) in [5, 5.41) is 3.11. The summed E-state index contributed by atoms with van der Waals surface area (Å²) in [6.07, 6.45) is 0. The lowest BCUT2D eigenvalue weighted by atomic mass is 10.2. The van der Waals surface area contributed by atoms with Gasteiger partial charge in [0.25, 0.3) is 0 Å². The topological polar surface area (TPSA) is 38.0 Å². The second kappa shape index (κ2) is 5.75. The van der Waals surface area contributed by atoms with E-state index in [2.05, 4.69) is 37.2 Å². The van der Waals surface area contributed by atoms with Crippen LogP contribution in [0, 0.1) is 9.39 Å². The van der Waals surface area contributed by atoms with Crippen LogP contribution in [-0.4, -0.2) is 0 Å². The first-order chi connectivity index (χ1) is 8.49. The van der Waals surface area contributed by atoms with Crippen molar-refractivity contribution in [3.8, 4) is 0 Å². The Balaban J connectivity index is 2.43. The molecule has 0 aromatic heterocycles. The molecule has 0 heterocycles. The number of nitrogens with one attached hydrogen (secondary N) is 1. The number of benzene rings is 2. The molecule has 2 rings (SSSR count). The molecule has 3 N–H and O–H groups in total. The van der Waals surface area contributed by atoms with Gasteiger partial charge < -0.3 is 11.1 Å². The van der Waals surface area contributed by atoms with Crippen molar-refractivity contribution in [2.75, 3.05) is 11.1 Å². The van der Waals surface area contributed by atoms with E-state index in [9.17, 15) is 4.39 Å². The normalized spacial score (nSPS) is 10.4. The number of anilines is 3. The van der Waals surface area contributed by atoms with Crippen LogP contribution in [0.25, 0.3) is 0 Å². The Morgan fingerprint density at radius 1 is 1.17 bits per heavy atom. The van der Waals surface area contributed by atoms with Gasteiger partial charge in [-0.3, -0.25) is 0 Å². The van der Waals surface area contributed by atoms with E-state index in [1.807, 2.05) is 40.8 Å². The molecule has 18 heavy (non-hydrogen) atoms. The van der Waals surface area contributed by atoms with Crippen molar-refractivity contribution < 1.29 is 4.39 Å². The van der Waals surface area contributed by atoms with Gasteiger partial charge in [0.2, 0.25) is 0 Å². The fourth-order valence-electron chi connectivity index (χ4n) is 1.42. The zero-order chi connectivity index (χ0) is 13.3. The number of nitrogens with two attached hydrogens (primary N) is 1. The molecule has 0 fully saturated rings. The molecule has 0 radical (unpaired) electrons. The van der Waals surface area contributed by atoms with Gasteiger partial charge in [0.1, 0.15) is 5.82 Å². The van der Waals surface area contributed by atoms with E-state index in [0.29, 0.717) is 14.9 Å². The minimum absolute atomic E-state index is 0.296. The van der Waals surface area contributed by atoms with Gasteiger partial charge in [-0.25, -0.2) is 4.39 Å². The van der Waals surface area contributed by atoms with Gasteiger partial charge in [0.15, 0.2) is 0 Å². The van der Waals surface area contributed by atoms with Gasteiger partial charge in [-0.2, -0.15) is 0 Å². The van der Waals surface area contributed by atoms with Crippen LogP contribution in [0.4, 0.5) is 21.5 Å². The number of rotatable bonds is 2. The largest absolute Gasteiger partial charge is 0.397 e. The average molecular weight is 486 g/mol. The third-order valence-corrected chi connectivity index (χ3v) is 4.46. The van der Waals surface area contributed by atoms with Crippen LogP contribution in [0.5, 0.6) is 0 Å². The summed E-state index contributed by atoms with van der Waals surface area (Å²) in [5.41, 5.74) is 7.73. The lowest BCUT2D eigenvalue weighted by Crippen LogP contribution is -1.99. The smallest absolute Gasteiger partial charge is 0.138 e. The van der Waals surface area contributed by atoms with E-state index in [1.54, 1.807) is 6.07 Å². The molecule has 0 saturated heterocycles. The molecule has 2 aromatic rings. The highest BCUT2D eigenvalue weighted by atomic mass is 127. The second-order valence-corrected chi connectivity index (χ2v) is 6.45. The maximum atomic E-state index is 13.5. The molecule has 0 amide bonds. The van der Waals surface area contributed by atoms with Crippen LogP contribution in [0.1, 0.15) is 0 Å². The van der Waals surface area contributed by atoms with Crippen LogP contribution in [0.2, 0.25) is 0 Å². The van der Waals surface area contributed by atoms with E-state index >= 15 is 0 Å². The highest BCUT2D eigenvalue weighted by molar-refractivity contribution is 14.1. The minimum atomic E-state index is -0.296. The molecule has 94 valence electrons. The maximum absolute atomic E-state index is 13.5. The van der Waals surface area contributed by atoms with Gasteiger partial charge >= 0.3 is 0 Å². The van der Waals surface area contributed by atoms with E-state index in [-0.39, 0.29) is 5.82 Å². The summed E-state index contributed by atoms with van der Waals surface area (Å²) >= 11 is 8.78. The van der Waals surface area contributed by atoms with Crippen molar-refractivity contribution >= 4 is 71.5 Å². The summed E-state index contributed by atoms with van der Waals surface area (Å²) < 4.78 is 15.8. The monoisotopic (exact) mass is 484 g/mol. The zero-order valence-corrected chi connectivity index (χ0v) is 14.3. The van der Waals surface area contributed by atoms with Crippen LogP contribution in [-0.2, 0) is 0 Å². The van der Waals surface area contributed by atoms with Crippen LogP contribution < -0.4 is 11.1 Å². The van der Waals surface area contributed by atoms with E-state index in [1.165, 1.54) is 6.07 Å². The van der Waals surface area contributed by atoms with Crippen molar-refractivity contribution in [1.29, 1.82) is 0 Å². The SMILES string of the molecule is Nc1cc(I)c(F)cc1Nc1c(Br)cccc1Br. The summed E-state index contributed by atoms with van der Waals surface area (Å²) in [4.78, 5) is 0. The number of halogens is 4. The molecule has 0 bridgehead atoms. The van der Waals surface area contributed by atoms with Crippen molar-refractivity contribution in [2.24, 2.45) is 0 Å². The second-order valence-electron chi connectivity index (χ2n) is 3.58. The number of hydrogen-bond donors (Lipinski definition) is 2. The molecule has 2 aromatic carbocycles. The predicted octanol–water partition coefficient (Wildman–Crippen LogP) is 5.28. The molecule has 0 unspecified atom stereocenters. The standard InChI is InChI=1S/C12H8Br2FIN2/c13-6-2-1-3-7(14)12(6)18-11-4-8(15)9(16)5-10(11)17/h1-5,18H,17H2. The molecular formula is C12H8Br2FIN2. The van der Waals surface area contributed by atoms with Crippen molar-refractivity contribution in [2.45, 2.75) is 0 Å². The highest BCUT2D eigenvalue weighted by Gasteiger charge is 2.09. The maximum Gasteiger partial charge on any atom is 0.138 e. The zero-order valence-electron chi connectivity index (χ0n) is 8.98. The molecule has 0 saturated carbocycles. The molecule has 0 aliphatic heterocycles.